The highest BCUT2D eigenvalue weighted by Crippen LogP contribution is 2.21. The molecule has 0 aromatic heterocycles. The minimum atomic E-state index is -0.966. The number of benzene rings is 1. The highest BCUT2D eigenvalue weighted by atomic mass is 16.5. The molecule has 4 nitrogen and oxygen atoms in total. The first-order valence-electron chi connectivity index (χ1n) is 5.33. The van der Waals surface area contributed by atoms with Gasteiger partial charge >= 0.3 is 5.97 Å². The predicted octanol–water partition coefficient (Wildman–Crippen LogP) is 2.33. The van der Waals surface area contributed by atoms with Crippen LogP contribution in [0.25, 0.3) is 6.08 Å². The van der Waals surface area contributed by atoms with E-state index < -0.39 is 5.97 Å². The Morgan fingerprint density at radius 1 is 1.47 bits per heavy atom. The van der Waals surface area contributed by atoms with Crippen molar-refractivity contribution in [3.63, 3.8) is 0 Å². The zero-order valence-corrected chi connectivity index (χ0v) is 9.97. The third-order valence-electron chi connectivity index (χ3n) is 2.18. The fourth-order valence-electron chi connectivity index (χ4n) is 1.39. The number of carboxylic acids is 1. The molecule has 0 bridgehead atoms. The van der Waals surface area contributed by atoms with E-state index in [1.807, 2.05) is 13.0 Å². The molecule has 0 aliphatic heterocycles. The molecule has 1 N–H and O–H groups in total. The second kappa shape index (κ2) is 6.70. The average molecular weight is 236 g/mol. The summed E-state index contributed by atoms with van der Waals surface area (Å²) in [7, 11) is 1.59. The van der Waals surface area contributed by atoms with Gasteiger partial charge in [-0.2, -0.15) is 0 Å². The summed E-state index contributed by atoms with van der Waals surface area (Å²) >= 11 is 0. The van der Waals surface area contributed by atoms with E-state index in [2.05, 4.69) is 0 Å². The summed E-state index contributed by atoms with van der Waals surface area (Å²) in [4.78, 5) is 10.4. The molecule has 0 aliphatic carbocycles. The summed E-state index contributed by atoms with van der Waals surface area (Å²) in [6.45, 7) is 2.99. The first-order chi connectivity index (χ1) is 8.17. The van der Waals surface area contributed by atoms with Gasteiger partial charge in [0.15, 0.2) is 0 Å². The van der Waals surface area contributed by atoms with Gasteiger partial charge in [-0.25, -0.2) is 4.79 Å². The Kier molecular flexibility index (Phi) is 5.23. The van der Waals surface area contributed by atoms with Crippen LogP contribution in [0.1, 0.15) is 18.1 Å². The zero-order chi connectivity index (χ0) is 12.7. The number of carboxylic acid groups (broad SMARTS) is 1. The van der Waals surface area contributed by atoms with Crippen molar-refractivity contribution in [2.45, 2.75) is 13.5 Å². The highest BCUT2D eigenvalue weighted by Gasteiger charge is 2.03. The largest absolute Gasteiger partial charge is 0.496 e. The van der Waals surface area contributed by atoms with E-state index >= 15 is 0 Å². The van der Waals surface area contributed by atoms with Crippen molar-refractivity contribution >= 4 is 12.0 Å². The van der Waals surface area contributed by atoms with Crippen LogP contribution in [0.3, 0.4) is 0 Å². The Morgan fingerprint density at radius 3 is 2.82 bits per heavy atom. The third kappa shape index (κ3) is 4.28. The minimum absolute atomic E-state index is 0.453. The lowest BCUT2D eigenvalue weighted by Gasteiger charge is -2.09. The molecule has 0 amide bonds. The van der Waals surface area contributed by atoms with Gasteiger partial charge in [0.2, 0.25) is 0 Å². The molecule has 4 heteroatoms. The quantitative estimate of drug-likeness (QED) is 0.770. The summed E-state index contributed by atoms with van der Waals surface area (Å²) in [6, 6.07) is 5.46. The maximum atomic E-state index is 10.4. The summed E-state index contributed by atoms with van der Waals surface area (Å²) in [5.41, 5.74) is 1.71. The molecule has 0 aliphatic rings. The minimum Gasteiger partial charge on any atom is -0.496 e. The Bertz CT molecular complexity index is 410. The summed E-state index contributed by atoms with van der Waals surface area (Å²) in [6.07, 6.45) is 2.64. The molecule has 0 radical (unpaired) electrons. The first kappa shape index (κ1) is 13.3. The Labute approximate surface area is 100 Å². The van der Waals surface area contributed by atoms with Gasteiger partial charge in [-0.3, -0.25) is 0 Å². The molecular formula is C13H16O4. The van der Waals surface area contributed by atoms with Crippen molar-refractivity contribution in [1.29, 1.82) is 0 Å². The zero-order valence-electron chi connectivity index (χ0n) is 9.97. The van der Waals surface area contributed by atoms with Crippen molar-refractivity contribution in [3.05, 3.63) is 35.4 Å². The van der Waals surface area contributed by atoms with Crippen LogP contribution >= 0.6 is 0 Å². The van der Waals surface area contributed by atoms with Crippen molar-refractivity contribution in [1.82, 2.24) is 0 Å². The van der Waals surface area contributed by atoms with Gasteiger partial charge < -0.3 is 14.6 Å². The summed E-state index contributed by atoms with van der Waals surface area (Å²) in [5, 5.41) is 8.55. The van der Waals surface area contributed by atoms with E-state index in [0.29, 0.717) is 13.2 Å². The Balaban J connectivity index is 2.91. The van der Waals surface area contributed by atoms with Crippen LogP contribution in [0.5, 0.6) is 5.75 Å². The summed E-state index contributed by atoms with van der Waals surface area (Å²) in [5.74, 6) is -0.224. The number of carbonyl (C=O) groups is 1. The molecule has 0 spiro atoms. The van der Waals surface area contributed by atoms with Crippen molar-refractivity contribution in [2.75, 3.05) is 13.7 Å². The lowest BCUT2D eigenvalue weighted by atomic mass is 10.1. The van der Waals surface area contributed by atoms with Gasteiger partial charge in [-0.1, -0.05) is 6.07 Å². The van der Waals surface area contributed by atoms with Crippen LogP contribution in [-0.2, 0) is 16.1 Å². The predicted molar refractivity (Wildman–Crippen MR) is 65.0 cm³/mol. The molecule has 92 valence electrons. The number of methoxy groups -OCH3 is 1. The molecule has 17 heavy (non-hydrogen) atoms. The van der Waals surface area contributed by atoms with E-state index in [0.717, 1.165) is 23.0 Å². The van der Waals surface area contributed by atoms with Crippen LogP contribution in [-0.4, -0.2) is 24.8 Å². The molecule has 0 heterocycles. The first-order valence-corrected chi connectivity index (χ1v) is 5.33. The smallest absolute Gasteiger partial charge is 0.328 e. The van der Waals surface area contributed by atoms with Gasteiger partial charge in [0.05, 0.1) is 13.7 Å². The van der Waals surface area contributed by atoms with Crippen molar-refractivity contribution in [2.24, 2.45) is 0 Å². The molecule has 0 atom stereocenters. The molecule has 0 unspecified atom stereocenters. The summed E-state index contributed by atoms with van der Waals surface area (Å²) < 4.78 is 10.5. The third-order valence-corrected chi connectivity index (χ3v) is 2.18. The van der Waals surface area contributed by atoms with E-state index in [-0.39, 0.29) is 0 Å². The average Bonchev–Trinajstić information content (AvgIpc) is 2.33. The van der Waals surface area contributed by atoms with Crippen LogP contribution in [0.4, 0.5) is 0 Å². The number of ether oxygens (including phenoxy) is 2. The van der Waals surface area contributed by atoms with Crippen LogP contribution < -0.4 is 4.74 Å². The van der Waals surface area contributed by atoms with Crippen LogP contribution in [0.2, 0.25) is 0 Å². The fraction of sp³-hybridized carbons (Fsp3) is 0.308. The molecule has 1 rings (SSSR count). The van der Waals surface area contributed by atoms with Crippen molar-refractivity contribution in [3.8, 4) is 5.75 Å². The van der Waals surface area contributed by atoms with Gasteiger partial charge in [-0.15, -0.1) is 0 Å². The topological polar surface area (TPSA) is 55.8 Å². The number of hydrogen-bond acceptors (Lipinski definition) is 3. The SMILES string of the molecule is CCOCc1cc(/C=C/C(=O)O)ccc1OC. The number of aliphatic carboxylic acids is 1. The van der Waals surface area contributed by atoms with Gasteiger partial charge in [-0.05, 0) is 30.7 Å². The fourth-order valence-corrected chi connectivity index (χ4v) is 1.39. The van der Waals surface area contributed by atoms with Crippen LogP contribution in [0.15, 0.2) is 24.3 Å². The molecule has 1 aromatic carbocycles. The lowest BCUT2D eigenvalue weighted by molar-refractivity contribution is -0.131. The number of hydrogen-bond donors (Lipinski definition) is 1. The van der Waals surface area contributed by atoms with Crippen LogP contribution in [0, 0.1) is 0 Å². The second-order valence-electron chi connectivity index (χ2n) is 3.38. The van der Waals surface area contributed by atoms with E-state index in [1.54, 1.807) is 19.2 Å². The molecule has 0 saturated heterocycles. The molecule has 1 aromatic rings. The Hall–Kier alpha value is -1.81. The maximum Gasteiger partial charge on any atom is 0.328 e. The molecular weight excluding hydrogens is 220 g/mol. The second-order valence-corrected chi connectivity index (χ2v) is 3.38. The lowest BCUT2D eigenvalue weighted by Crippen LogP contribution is -1.97. The molecule has 0 fully saturated rings. The normalized spacial score (nSPS) is 10.7. The van der Waals surface area contributed by atoms with E-state index in [9.17, 15) is 4.79 Å². The van der Waals surface area contributed by atoms with Gasteiger partial charge in [0.25, 0.3) is 0 Å². The van der Waals surface area contributed by atoms with Crippen molar-refractivity contribution < 1.29 is 19.4 Å². The monoisotopic (exact) mass is 236 g/mol. The maximum absolute atomic E-state index is 10.4. The van der Waals surface area contributed by atoms with Gasteiger partial charge in [0.1, 0.15) is 5.75 Å². The molecule has 0 saturated carbocycles. The standard InChI is InChI=1S/C13H16O4/c1-3-17-9-11-8-10(5-7-13(14)15)4-6-12(11)16-2/h4-8H,3,9H2,1-2H3,(H,14,15)/b7-5+. The Morgan fingerprint density at radius 2 is 2.24 bits per heavy atom. The number of rotatable bonds is 6. The van der Waals surface area contributed by atoms with E-state index in [1.165, 1.54) is 6.08 Å². The highest BCUT2D eigenvalue weighted by molar-refractivity contribution is 5.85. The van der Waals surface area contributed by atoms with E-state index in [4.69, 9.17) is 14.6 Å². The van der Waals surface area contributed by atoms with Gasteiger partial charge in [0, 0.05) is 18.2 Å².